The standard InChI is InChI=1S/C10H8ClF3N2O/c11-7-1-2-8(6(3-7)4-15)16-5-9(17)10(12,13)14/h1-3,9,16-17H,5H2. The van der Waals surface area contributed by atoms with Gasteiger partial charge in [0.2, 0.25) is 0 Å². The van der Waals surface area contributed by atoms with Gasteiger partial charge in [-0.3, -0.25) is 0 Å². The van der Waals surface area contributed by atoms with Crippen molar-refractivity contribution < 1.29 is 18.3 Å². The van der Waals surface area contributed by atoms with Crippen LogP contribution in [0.25, 0.3) is 0 Å². The number of aliphatic hydroxyl groups excluding tert-OH is 1. The molecule has 0 radical (unpaired) electrons. The molecule has 3 nitrogen and oxygen atoms in total. The smallest absolute Gasteiger partial charge is 0.382 e. The van der Waals surface area contributed by atoms with Gasteiger partial charge in [0.25, 0.3) is 0 Å². The Morgan fingerprint density at radius 1 is 1.47 bits per heavy atom. The Balaban J connectivity index is 2.74. The quantitative estimate of drug-likeness (QED) is 0.882. The van der Waals surface area contributed by atoms with Crippen molar-refractivity contribution in [2.75, 3.05) is 11.9 Å². The molecule has 1 rings (SSSR count). The second kappa shape index (κ2) is 5.25. The van der Waals surface area contributed by atoms with Crippen LogP contribution in [-0.4, -0.2) is 23.9 Å². The number of anilines is 1. The van der Waals surface area contributed by atoms with E-state index in [4.69, 9.17) is 22.0 Å². The van der Waals surface area contributed by atoms with Crippen LogP contribution in [0.3, 0.4) is 0 Å². The molecule has 0 fully saturated rings. The van der Waals surface area contributed by atoms with Gasteiger partial charge in [-0.15, -0.1) is 0 Å². The number of halogens is 4. The van der Waals surface area contributed by atoms with Gasteiger partial charge in [-0.05, 0) is 18.2 Å². The molecule has 0 spiro atoms. The van der Waals surface area contributed by atoms with Crippen molar-refractivity contribution in [1.82, 2.24) is 0 Å². The van der Waals surface area contributed by atoms with E-state index in [9.17, 15) is 13.2 Å². The van der Waals surface area contributed by atoms with Gasteiger partial charge in [-0.25, -0.2) is 0 Å². The largest absolute Gasteiger partial charge is 0.416 e. The van der Waals surface area contributed by atoms with E-state index in [0.29, 0.717) is 5.02 Å². The third-order valence-corrected chi connectivity index (χ3v) is 2.20. The molecular formula is C10H8ClF3N2O. The maximum Gasteiger partial charge on any atom is 0.416 e. The summed E-state index contributed by atoms with van der Waals surface area (Å²) in [7, 11) is 0. The summed E-state index contributed by atoms with van der Waals surface area (Å²) in [5.41, 5.74) is 0.312. The van der Waals surface area contributed by atoms with E-state index in [0.717, 1.165) is 0 Å². The van der Waals surface area contributed by atoms with Crippen molar-refractivity contribution in [2.45, 2.75) is 12.3 Å². The fourth-order valence-corrected chi connectivity index (χ4v) is 1.26. The first-order valence-electron chi connectivity index (χ1n) is 4.53. The van der Waals surface area contributed by atoms with E-state index < -0.39 is 18.8 Å². The van der Waals surface area contributed by atoms with Crippen molar-refractivity contribution in [3.05, 3.63) is 28.8 Å². The molecule has 0 aliphatic rings. The summed E-state index contributed by atoms with van der Waals surface area (Å²) in [5.74, 6) is 0. The van der Waals surface area contributed by atoms with E-state index in [1.54, 1.807) is 6.07 Å². The monoisotopic (exact) mass is 264 g/mol. The first-order valence-corrected chi connectivity index (χ1v) is 4.90. The number of hydrogen-bond donors (Lipinski definition) is 2. The zero-order valence-electron chi connectivity index (χ0n) is 8.42. The summed E-state index contributed by atoms with van der Waals surface area (Å²) < 4.78 is 36.1. The molecule has 0 bridgehead atoms. The average molecular weight is 265 g/mol. The Morgan fingerprint density at radius 3 is 2.65 bits per heavy atom. The first-order chi connectivity index (χ1) is 7.84. The molecule has 2 N–H and O–H groups in total. The van der Waals surface area contributed by atoms with Gasteiger partial charge in [0.05, 0.1) is 11.3 Å². The highest BCUT2D eigenvalue weighted by molar-refractivity contribution is 6.30. The molecule has 92 valence electrons. The topological polar surface area (TPSA) is 56.0 Å². The molecule has 7 heteroatoms. The van der Waals surface area contributed by atoms with Gasteiger partial charge in [0.15, 0.2) is 6.10 Å². The van der Waals surface area contributed by atoms with Crippen molar-refractivity contribution in [3.63, 3.8) is 0 Å². The van der Waals surface area contributed by atoms with E-state index >= 15 is 0 Å². The van der Waals surface area contributed by atoms with Gasteiger partial charge < -0.3 is 10.4 Å². The van der Waals surface area contributed by atoms with Crippen LogP contribution >= 0.6 is 11.6 Å². The van der Waals surface area contributed by atoms with E-state index in [-0.39, 0.29) is 11.3 Å². The number of nitrogens with one attached hydrogen (secondary N) is 1. The van der Waals surface area contributed by atoms with E-state index in [2.05, 4.69) is 5.32 Å². The molecule has 17 heavy (non-hydrogen) atoms. The summed E-state index contributed by atoms with van der Waals surface area (Å²) in [5, 5.41) is 20.2. The number of nitrogens with zero attached hydrogens (tertiary/aromatic N) is 1. The number of hydrogen-bond acceptors (Lipinski definition) is 3. The van der Waals surface area contributed by atoms with Crippen molar-refractivity contribution in [1.29, 1.82) is 5.26 Å². The minimum absolute atomic E-state index is 0.117. The SMILES string of the molecule is N#Cc1cc(Cl)ccc1NCC(O)C(F)(F)F. The second-order valence-electron chi connectivity index (χ2n) is 3.24. The zero-order valence-corrected chi connectivity index (χ0v) is 9.18. The number of rotatable bonds is 3. The maximum atomic E-state index is 12.0. The van der Waals surface area contributed by atoms with Crippen molar-refractivity contribution >= 4 is 17.3 Å². The van der Waals surface area contributed by atoms with Gasteiger partial charge in [-0.2, -0.15) is 18.4 Å². The van der Waals surface area contributed by atoms with Crippen LogP contribution in [0.4, 0.5) is 18.9 Å². The molecule has 0 saturated heterocycles. The molecule has 0 aliphatic heterocycles. The number of benzene rings is 1. The van der Waals surface area contributed by atoms with Gasteiger partial charge >= 0.3 is 6.18 Å². The number of aliphatic hydroxyl groups is 1. The van der Waals surface area contributed by atoms with Crippen LogP contribution in [0.15, 0.2) is 18.2 Å². The van der Waals surface area contributed by atoms with Crippen LogP contribution < -0.4 is 5.32 Å². The molecule has 1 aromatic carbocycles. The third-order valence-electron chi connectivity index (χ3n) is 1.97. The molecule has 0 aliphatic carbocycles. The predicted molar refractivity (Wildman–Crippen MR) is 56.7 cm³/mol. The van der Waals surface area contributed by atoms with Crippen LogP contribution in [0.2, 0.25) is 5.02 Å². The normalized spacial score (nSPS) is 12.9. The highest BCUT2D eigenvalue weighted by Crippen LogP contribution is 2.23. The summed E-state index contributed by atoms with van der Waals surface area (Å²) >= 11 is 5.62. The van der Waals surface area contributed by atoms with Crippen LogP contribution in [-0.2, 0) is 0 Å². The molecule has 1 unspecified atom stereocenters. The van der Waals surface area contributed by atoms with Crippen LogP contribution in [0.5, 0.6) is 0 Å². The fourth-order valence-electron chi connectivity index (χ4n) is 1.09. The average Bonchev–Trinajstić information content (AvgIpc) is 2.25. The molecule has 0 saturated carbocycles. The lowest BCUT2D eigenvalue weighted by Crippen LogP contribution is -2.35. The Hall–Kier alpha value is -1.45. The predicted octanol–water partition coefficient (Wildman–Crippen LogP) is 2.55. The number of nitriles is 1. The highest BCUT2D eigenvalue weighted by Gasteiger charge is 2.37. The molecule has 1 aromatic rings. The number of alkyl halides is 3. The maximum absolute atomic E-state index is 12.0. The summed E-state index contributed by atoms with van der Waals surface area (Å²) in [4.78, 5) is 0. The Morgan fingerprint density at radius 2 is 2.12 bits per heavy atom. The molecule has 0 amide bonds. The first kappa shape index (κ1) is 13.6. The molecule has 0 heterocycles. The fraction of sp³-hybridized carbons (Fsp3) is 0.300. The van der Waals surface area contributed by atoms with Gasteiger partial charge in [0.1, 0.15) is 6.07 Å². The lowest BCUT2D eigenvalue weighted by Gasteiger charge is -2.16. The van der Waals surface area contributed by atoms with Gasteiger partial charge in [-0.1, -0.05) is 11.6 Å². The van der Waals surface area contributed by atoms with Crippen molar-refractivity contribution in [2.24, 2.45) is 0 Å². The minimum Gasteiger partial charge on any atom is -0.382 e. The van der Waals surface area contributed by atoms with Crippen LogP contribution in [0, 0.1) is 11.3 Å². The Labute approximate surface area is 100 Å². The Bertz CT molecular complexity index is 442. The van der Waals surface area contributed by atoms with Crippen molar-refractivity contribution in [3.8, 4) is 6.07 Å². The minimum atomic E-state index is -4.69. The Kier molecular flexibility index (Phi) is 4.21. The summed E-state index contributed by atoms with van der Waals surface area (Å²) in [6.45, 7) is -0.722. The van der Waals surface area contributed by atoms with E-state index in [1.165, 1.54) is 18.2 Å². The molecule has 1 atom stereocenters. The summed E-state index contributed by atoms with van der Waals surface area (Å²) in [6, 6.07) is 5.93. The molecule has 0 aromatic heterocycles. The summed E-state index contributed by atoms with van der Waals surface area (Å²) in [6.07, 6.45) is -7.17. The molecular weight excluding hydrogens is 257 g/mol. The lowest BCUT2D eigenvalue weighted by molar-refractivity contribution is -0.198. The lowest BCUT2D eigenvalue weighted by atomic mass is 10.2. The van der Waals surface area contributed by atoms with Gasteiger partial charge in [0, 0.05) is 11.6 Å². The van der Waals surface area contributed by atoms with E-state index in [1.807, 2.05) is 0 Å². The zero-order chi connectivity index (χ0) is 13.1. The van der Waals surface area contributed by atoms with Crippen LogP contribution in [0.1, 0.15) is 5.56 Å². The second-order valence-corrected chi connectivity index (χ2v) is 3.68. The third kappa shape index (κ3) is 3.80. The highest BCUT2D eigenvalue weighted by atomic mass is 35.5.